The summed E-state index contributed by atoms with van der Waals surface area (Å²) in [5, 5.41) is 6.92. The van der Waals surface area contributed by atoms with E-state index in [1.807, 2.05) is 47.3 Å². The van der Waals surface area contributed by atoms with Crippen LogP contribution < -0.4 is 11.1 Å². The number of primary amides is 1. The van der Waals surface area contributed by atoms with Gasteiger partial charge in [-0.1, -0.05) is 30.3 Å². The minimum absolute atomic E-state index is 0.117. The molecule has 0 fully saturated rings. The molecule has 6 nitrogen and oxygen atoms in total. The highest BCUT2D eigenvalue weighted by Crippen LogP contribution is 2.12. The fourth-order valence-electron chi connectivity index (χ4n) is 2.37. The molecule has 122 valence electrons. The molecule has 0 aliphatic rings. The number of hydrogen-bond acceptors (Lipinski definition) is 3. The monoisotopic (exact) mass is 314 g/mol. The summed E-state index contributed by atoms with van der Waals surface area (Å²) in [6.45, 7) is 1.30. The molecule has 1 aromatic heterocycles. The third-order valence-corrected chi connectivity index (χ3v) is 3.60. The minimum Gasteiger partial charge on any atom is -0.369 e. The molecule has 6 heteroatoms. The van der Waals surface area contributed by atoms with Crippen LogP contribution in [0.2, 0.25) is 0 Å². The van der Waals surface area contributed by atoms with Gasteiger partial charge in [0.2, 0.25) is 11.8 Å². The van der Waals surface area contributed by atoms with Crippen molar-refractivity contribution in [1.29, 1.82) is 0 Å². The zero-order chi connectivity index (χ0) is 16.5. The van der Waals surface area contributed by atoms with Crippen molar-refractivity contribution in [2.24, 2.45) is 11.7 Å². The van der Waals surface area contributed by atoms with Gasteiger partial charge in [-0.25, -0.2) is 0 Å². The number of aromatic nitrogens is 2. The number of carbonyl (C=O) groups is 2. The number of aryl methyl sites for hydroxylation is 1. The lowest BCUT2D eigenvalue weighted by molar-refractivity contribution is -0.128. The normalized spacial score (nSPS) is 11.8. The van der Waals surface area contributed by atoms with Crippen LogP contribution in [0.3, 0.4) is 0 Å². The first kappa shape index (κ1) is 16.7. The third kappa shape index (κ3) is 5.94. The van der Waals surface area contributed by atoms with Gasteiger partial charge in [-0.05, 0) is 24.5 Å². The molecule has 0 radical (unpaired) electrons. The SMILES string of the molecule is NC(=O)[C@@H](CC(=O)NCCCn1cccn1)Cc1ccccc1. The Morgan fingerprint density at radius 1 is 1.22 bits per heavy atom. The smallest absolute Gasteiger partial charge is 0.221 e. The van der Waals surface area contributed by atoms with Gasteiger partial charge in [-0.15, -0.1) is 0 Å². The lowest BCUT2D eigenvalue weighted by Crippen LogP contribution is -2.33. The van der Waals surface area contributed by atoms with E-state index in [1.54, 1.807) is 6.20 Å². The van der Waals surface area contributed by atoms with Crippen molar-refractivity contribution in [2.75, 3.05) is 6.54 Å². The van der Waals surface area contributed by atoms with E-state index in [1.165, 1.54) is 0 Å². The Morgan fingerprint density at radius 3 is 2.65 bits per heavy atom. The van der Waals surface area contributed by atoms with Crippen molar-refractivity contribution in [1.82, 2.24) is 15.1 Å². The Bertz CT molecular complexity index is 611. The van der Waals surface area contributed by atoms with Crippen molar-refractivity contribution >= 4 is 11.8 Å². The molecule has 0 unspecified atom stereocenters. The Balaban J connectivity index is 1.73. The molecule has 3 N–H and O–H groups in total. The first-order valence-corrected chi connectivity index (χ1v) is 7.72. The van der Waals surface area contributed by atoms with E-state index in [2.05, 4.69) is 10.4 Å². The average molecular weight is 314 g/mol. The Hall–Kier alpha value is -2.63. The lowest BCUT2D eigenvalue weighted by atomic mass is 9.95. The summed E-state index contributed by atoms with van der Waals surface area (Å²) in [4.78, 5) is 23.5. The summed E-state index contributed by atoms with van der Waals surface area (Å²) in [7, 11) is 0. The third-order valence-electron chi connectivity index (χ3n) is 3.60. The Labute approximate surface area is 135 Å². The average Bonchev–Trinajstić information content (AvgIpc) is 3.05. The lowest BCUT2D eigenvalue weighted by Gasteiger charge is -2.13. The summed E-state index contributed by atoms with van der Waals surface area (Å²) >= 11 is 0. The van der Waals surface area contributed by atoms with Gasteiger partial charge in [0.25, 0.3) is 0 Å². The van der Waals surface area contributed by atoms with Gasteiger partial charge in [0.15, 0.2) is 0 Å². The maximum Gasteiger partial charge on any atom is 0.221 e. The predicted octanol–water partition coefficient (Wildman–Crippen LogP) is 1.12. The molecule has 0 saturated carbocycles. The maximum absolute atomic E-state index is 12.0. The highest BCUT2D eigenvalue weighted by atomic mass is 16.2. The van der Waals surface area contributed by atoms with E-state index >= 15 is 0 Å². The number of nitrogens with one attached hydrogen (secondary N) is 1. The van der Waals surface area contributed by atoms with Crippen LogP contribution in [-0.4, -0.2) is 28.1 Å². The number of carbonyl (C=O) groups excluding carboxylic acids is 2. The fourth-order valence-corrected chi connectivity index (χ4v) is 2.37. The van der Waals surface area contributed by atoms with Gasteiger partial charge in [0.05, 0.1) is 5.92 Å². The topological polar surface area (TPSA) is 90.0 Å². The molecule has 0 aliphatic carbocycles. The number of nitrogens with two attached hydrogens (primary N) is 1. The summed E-state index contributed by atoms with van der Waals surface area (Å²) in [5.74, 6) is -1.07. The van der Waals surface area contributed by atoms with Crippen LogP contribution in [0.5, 0.6) is 0 Å². The van der Waals surface area contributed by atoms with Crippen molar-refractivity contribution in [3.63, 3.8) is 0 Å². The van der Waals surface area contributed by atoms with Gasteiger partial charge >= 0.3 is 0 Å². The molecule has 23 heavy (non-hydrogen) atoms. The largest absolute Gasteiger partial charge is 0.369 e. The molecule has 1 aromatic carbocycles. The maximum atomic E-state index is 12.0. The van der Waals surface area contributed by atoms with Gasteiger partial charge in [-0.3, -0.25) is 14.3 Å². The van der Waals surface area contributed by atoms with Gasteiger partial charge in [0.1, 0.15) is 0 Å². The second-order valence-electron chi connectivity index (χ2n) is 5.47. The number of benzene rings is 1. The highest BCUT2D eigenvalue weighted by Gasteiger charge is 2.19. The number of nitrogens with zero attached hydrogens (tertiary/aromatic N) is 2. The van der Waals surface area contributed by atoms with E-state index < -0.39 is 11.8 Å². The molecule has 2 aromatic rings. The van der Waals surface area contributed by atoms with Crippen molar-refractivity contribution < 1.29 is 9.59 Å². The minimum atomic E-state index is -0.483. The van der Waals surface area contributed by atoms with Crippen molar-refractivity contribution in [2.45, 2.75) is 25.8 Å². The summed E-state index contributed by atoms with van der Waals surface area (Å²) in [5.41, 5.74) is 6.42. The molecular weight excluding hydrogens is 292 g/mol. The summed E-state index contributed by atoms with van der Waals surface area (Å²) in [6, 6.07) is 11.4. The number of rotatable bonds is 9. The van der Waals surface area contributed by atoms with Crippen LogP contribution in [0.25, 0.3) is 0 Å². The zero-order valence-electron chi connectivity index (χ0n) is 13.0. The van der Waals surface area contributed by atoms with Crippen LogP contribution in [0.15, 0.2) is 48.8 Å². The standard InChI is InChI=1S/C17H22N4O2/c18-17(23)15(12-14-6-2-1-3-7-14)13-16(22)19-8-4-10-21-11-5-9-20-21/h1-3,5-7,9,11,15H,4,8,10,12-13H2,(H2,18,23)(H,19,22)/t15-/m1/s1. The van der Waals surface area contributed by atoms with E-state index in [9.17, 15) is 9.59 Å². The van der Waals surface area contributed by atoms with Crippen LogP contribution in [0.1, 0.15) is 18.4 Å². The fraction of sp³-hybridized carbons (Fsp3) is 0.353. The molecular formula is C17H22N4O2. The first-order chi connectivity index (χ1) is 11.1. The molecule has 0 saturated heterocycles. The quantitative estimate of drug-likeness (QED) is 0.680. The molecule has 1 heterocycles. The van der Waals surface area contributed by atoms with Crippen molar-refractivity contribution in [3.05, 3.63) is 54.4 Å². The van der Waals surface area contributed by atoms with Gasteiger partial charge in [0, 0.05) is 31.9 Å². The zero-order valence-corrected chi connectivity index (χ0v) is 13.0. The van der Waals surface area contributed by atoms with E-state index in [4.69, 9.17) is 5.73 Å². The first-order valence-electron chi connectivity index (χ1n) is 7.72. The van der Waals surface area contributed by atoms with Gasteiger partial charge in [-0.2, -0.15) is 5.10 Å². The molecule has 2 rings (SSSR count). The number of hydrogen-bond donors (Lipinski definition) is 2. The predicted molar refractivity (Wildman–Crippen MR) is 87.3 cm³/mol. The Kier molecular flexibility index (Phi) is 6.35. The van der Waals surface area contributed by atoms with E-state index in [0.29, 0.717) is 13.0 Å². The molecule has 2 amide bonds. The molecule has 0 aliphatic heterocycles. The molecule has 0 spiro atoms. The van der Waals surface area contributed by atoms with Crippen LogP contribution in [-0.2, 0) is 22.6 Å². The van der Waals surface area contributed by atoms with Crippen LogP contribution >= 0.6 is 0 Å². The van der Waals surface area contributed by atoms with Crippen molar-refractivity contribution in [3.8, 4) is 0 Å². The Morgan fingerprint density at radius 2 is 2.00 bits per heavy atom. The summed E-state index contributed by atoms with van der Waals surface area (Å²) < 4.78 is 1.81. The molecule has 0 bridgehead atoms. The van der Waals surface area contributed by atoms with Crippen LogP contribution in [0, 0.1) is 5.92 Å². The second kappa shape index (κ2) is 8.73. The number of amides is 2. The van der Waals surface area contributed by atoms with Crippen LogP contribution in [0.4, 0.5) is 0 Å². The van der Waals surface area contributed by atoms with E-state index in [0.717, 1.165) is 18.5 Å². The molecule has 1 atom stereocenters. The van der Waals surface area contributed by atoms with Gasteiger partial charge < -0.3 is 11.1 Å². The van der Waals surface area contributed by atoms with E-state index in [-0.39, 0.29) is 12.3 Å². The summed E-state index contributed by atoms with van der Waals surface area (Å²) in [6.07, 6.45) is 4.99. The highest BCUT2D eigenvalue weighted by molar-refractivity contribution is 5.85. The second-order valence-corrected chi connectivity index (χ2v) is 5.47.